The van der Waals surface area contributed by atoms with Crippen molar-refractivity contribution in [1.82, 2.24) is 4.90 Å². The quantitative estimate of drug-likeness (QED) is 0.439. The van der Waals surface area contributed by atoms with Crippen LogP contribution in [0.5, 0.6) is 11.5 Å². The first kappa shape index (κ1) is 20.7. The van der Waals surface area contributed by atoms with Crippen molar-refractivity contribution in [3.8, 4) is 11.5 Å². The van der Waals surface area contributed by atoms with E-state index in [-0.39, 0.29) is 17.3 Å². The number of carbonyl (C=O) groups excluding carboxylic acids is 1. The number of phenols is 1. The molecule has 0 radical (unpaired) electrons. The molecule has 0 atom stereocenters. The van der Waals surface area contributed by atoms with Crippen LogP contribution in [0.3, 0.4) is 0 Å². The van der Waals surface area contributed by atoms with Gasteiger partial charge in [-0.3, -0.25) is 14.9 Å². The molecule has 2 aliphatic heterocycles. The Kier molecular flexibility index (Phi) is 5.81. The Labute approximate surface area is 182 Å². The molecule has 0 aromatic heterocycles. The van der Waals surface area contributed by atoms with Gasteiger partial charge in [0.05, 0.1) is 16.9 Å². The van der Waals surface area contributed by atoms with Crippen LogP contribution in [0.15, 0.2) is 52.4 Å². The number of amides is 1. The highest BCUT2D eigenvalue weighted by Crippen LogP contribution is 2.33. The van der Waals surface area contributed by atoms with Crippen LogP contribution in [0.2, 0.25) is 0 Å². The second-order valence-electron chi connectivity index (χ2n) is 6.99. The van der Waals surface area contributed by atoms with E-state index in [0.29, 0.717) is 28.9 Å². The van der Waals surface area contributed by atoms with E-state index in [1.165, 1.54) is 37.1 Å². The Morgan fingerprint density at radius 2 is 1.81 bits per heavy atom. The lowest BCUT2D eigenvalue weighted by Crippen LogP contribution is -2.47. The zero-order chi connectivity index (χ0) is 22.0. The topological polar surface area (TPSA) is 109 Å². The molecule has 9 nitrogen and oxygen atoms in total. The molecular formula is C21H20N4O5S. The molecule has 0 aliphatic carbocycles. The Hall–Kier alpha value is -3.53. The lowest BCUT2D eigenvalue weighted by Gasteiger charge is -2.36. The smallest absolute Gasteiger partial charge is 0.286 e. The number of amidine groups is 1. The zero-order valence-electron chi connectivity index (χ0n) is 16.7. The van der Waals surface area contributed by atoms with E-state index in [2.05, 4.69) is 14.8 Å². The SMILES string of the molecule is COc1cc(/C=C2\SC(N3CCN(c4ccc([N+](=O)[O-])cc4)CC3)=NC2=O)ccc1O. The second-order valence-corrected chi connectivity index (χ2v) is 8.00. The Balaban J connectivity index is 1.39. The number of nitro groups is 1. The Morgan fingerprint density at radius 3 is 2.45 bits per heavy atom. The standard InChI is InChI=1S/C21H20N4O5S/c1-30-18-12-14(2-7-17(18)26)13-19-20(27)22-21(31-19)24-10-8-23(9-11-24)15-3-5-16(6-4-15)25(28)29/h2-7,12-13,26H,8-11H2,1H3/b19-13-. The summed E-state index contributed by atoms with van der Waals surface area (Å²) in [5.41, 5.74) is 1.75. The number of aliphatic imine (C=N–C) groups is 1. The fraction of sp³-hybridized carbons (Fsp3) is 0.238. The number of ether oxygens (including phenoxy) is 1. The molecule has 2 heterocycles. The molecule has 0 saturated carbocycles. The lowest BCUT2D eigenvalue weighted by atomic mass is 10.2. The number of benzene rings is 2. The molecule has 0 bridgehead atoms. The van der Waals surface area contributed by atoms with Crippen molar-refractivity contribution < 1.29 is 19.6 Å². The van der Waals surface area contributed by atoms with Gasteiger partial charge in [0.2, 0.25) is 0 Å². The molecule has 2 aromatic rings. The van der Waals surface area contributed by atoms with Crippen molar-refractivity contribution in [2.45, 2.75) is 0 Å². The maximum Gasteiger partial charge on any atom is 0.286 e. The summed E-state index contributed by atoms with van der Waals surface area (Å²) < 4.78 is 5.11. The second kappa shape index (κ2) is 8.68. The first-order chi connectivity index (χ1) is 14.9. The van der Waals surface area contributed by atoms with Gasteiger partial charge in [0.15, 0.2) is 16.7 Å². The van der Waals surface area contributed by atoms with Crippen LogP contribution in [0.1, 0.15) is 5.56 Å². The van der Waals surface area contributed by atoms with Gasteiger partial charge in [-0.1, -0.05) is 6.07 Å². The molecule has 1 N–H and O–H groups in total. The number of non-ortho nitro benzene ring substituents is 1. The summed E-state index contributed by atoms with van der Waals surface area (Å²) in [6.07, 6.45) is 1.73. The Bertz CT molecular complexity index is 1080. The molecule has 1 fully saturated rings. The largest absolute Gasteiger partial charge is 0.504 e. The third-order valence-corrected chi connectivity index (χ3v) is 6.13. The number of rotatable bonds is 4. The van der Waals surface area contributed by atoms with Crippen molar-refractivity contribution in [3.63, 3.8) is 0 Å². The molecular weight excluding hydrogens is 420 g/mol. The van der Waals surface area contributed by atoms with Crippen molar-refractivity contribution in [1.29, 1.82) is 0 Å². The molecule has 10 heteroatoms. The average Bonchev–Trinajstić information content (AvgIpc) is 3.15. The molecule has 160 valence electrons. The maximum atomic E-state index is 12.4. The van der Waals surface area contributed by atoms with Gasteiger partial charge in [-0.2, -0.15) is 4.99 Å². The van der Waals surface area contributed by atoms with E-state index >= 15 is 0 Å². The van der Waals surface area contributed by atoms with Gasteiger partial charge in [-0.15, -0.1) is 0 Å². The van der Waals surface area contributed by atoms with Gasteiger partial charge in [0, 0.05) is 44.0 Å². The number of nitrogens with zero attached hydrogens (tertiary/aromatic N) is 4. The number of piperazine rings is 1. The third-order valence-electron chi connectivity index (χ3n) is 5.09. The number of methoxy groups -OCH3 is 1. The normalized spacial score (nSPS) is 17.8. The van der Waals surface area contributed by atoms with E-state index in [1.807, 2.05) is 0 Å². The minimum Gasteiger partial charge on any atom is -0.504 e. The van der Waals surface area contributed by atoms with Crippen LogP contribution in [0, 0.1) is 10.1 Å². The van der Waals surface area contributed by atoms with Gasteiger partial charge in [-0.05, 0) is 47.7 Å². The van der Waals surface area contributed by atoms with Crippen LogP contribution in [-0.4, -0.2) is 59.3 Å². The maximum absolute atomic E-state index is 12.4. The van der Waals surface area contributed by atoms with Crippen molar-refractivity contribution in [2.24, 2.45) is 4.99 Å². The van der Waals surface area contributed by atoms with Gasteiger partial charge >= 0.3 is 0 Å². The first-order valence-corrected chi connectivity index (χ1v) is 10.4. The number of hydrogen-bond donors (Lipinski definition) is 1. The highest BCUT2D eigenvalue weighted by molar-refractivity contribution is 8.18. The average molecular weight is 440 g/mol. The van der Waals surface area contributed by atoms with Crippen LogP contribution >= 0.6 is 11.8 Å². The van der Waals surface area contributed by atoms with Crippen molar-refractivity contribution in [3.05, 3.63) is 63.0 Å². The summed E-state index contributed by atoms with van der Waals surface area (Å²) >= 11 is 1.33. The Morgan fingerprint density at radius 1 is 1.13 bits per heavy atom. The fourth-order valence-electron chi connectivity index (χ4n) is 3.41. The molecule has 1 amide bonds. The molecule has 0 spiro atoms. The number of phenolic OH excluding ortho intramolecular Hbond substituents is 1. The summed E-state index contributed by atoms with van der Waals surface area (Å²) in [5.74, 6) is 0.0935. The van der Waals surface area contributed by atoms with Gasteiger partial charge in [-0.25, -0.2) is 0 Å². The predicted molar refractivity (Wildman–Crippen MR) is 120 cm³/mol. The van der Waals surface area contributed by atoms with E-state index in [9.17, 15) is 20.0 Å². The number of carbonyl (C=O) groups is 1. The first-order valence-electron chi connectivity index (χ1n) is 9.58. The van der Waals surface area contributed by atoms with Crippen molar-refractivity contribution >= 4 is 40.3 Å². The summed E-state index contributed by atoms with van der Waals surface area (Å²) in [6, 6.07) is 11.4. The number of thioether (sulfide) groups is 1. The van der Waals surface area contributed by atoms with Gasteiger partial charge in [0.25, 0.3) is 11.6 Å². The molecule has 1 saturated heterocycles. The monoisotopic (exact) mass is 440 g/mol. The number of nitro benzene ring substituents is 1. The van der Waals surface area contributed by atoms with E-state index < -0.39 is 4.92 Å². The molecule has 2 aliphatic rings. The highest BCUT2D eigenvalue weighted by Gasteiger charge is 2.28. The minimum absolute atomic E-state index is 0.0397. The summed E-state index contributed by atoms with van der Waals surface area (Å²) in [7, 11) is 1.47. The summed E-state index contributed by atoms with van der Waals surface area (Å²) in [6.45, 7) is 2.83. The number of aromatic hydroxyl groups is 1. The molecule has 2 aromatic carbocycles. The van der Waals surface area contributed by atoms with E-state index in [1.54, 1.807) is 30.3 Å². The summed E-state index contributed by atoms with van der Waals surface area (Å²) in [4.78, 5) is 31.7. The van der Waals surface area contributed by atoms with Crippen LogP contribution in [-0.2, 0) is 4.79 Å². The highest BCUT2D eigenvalue weighted by atomic mass is 32.2. The van der Waals surface area contributed by atoms with Crippen LogP contribution in [0.25, 0.3) is 6.08 Å². The molecule has 0 unspecified atom stereocenters. The van der Waals surface area contributed by atoms with Crippen LogP contribution in [0.4, 0.5) is 11.4 Å². The lowest BCUT2D eigenvalue weighted by molar-refractivity contribution is -0.384. The zero-order valence-corrected chi connectivity index (χ0v) is 17.5. The minimum atomic E-state index is -0.409. The molecule has 31 heavy (non-hydrogen) atoms. The van der Waals surface area contributed by atoms with E-state index in [0.717, 1.165) is 24.3 Å². The number of hydrogen-bond acceptors (Lipinski definition) is 8. The van der Waals surface area contributed by atoms with Gasteiger partial charge in [0.1, 0.15) is 0 Å². The summed E-state index contributed by atoms with van der Waals surface area (Å²) in [5, 5.41) is 21.2. The van der Waals surface area contributed by atoms with E-state index in [4.69, 9.17) is 4.74 Å². The predicted octanol–water partition coefficient (Wildman–Crippen LogP) is 3.10. The molecule has 4 rings (SSSR count). The number of anilines is 1. The van der Waals surface area contributed by atoms with Gasteiger partial charge < -0.3 is 19.6 Å². The van der Waals surface area contributed by atoms with Crippen LogP contribution < -0.4 is 9.64 Å². The van der Waals surface area contributed by atoms with Crippen molar-refractivity contribution in [2.75, 3.05) is 38.2 Å². The fourth-order valence-corrected chi connectivity index (χ4v) is 4.37. The third kappa shape index (κ3) is 4.48.